The normalized spacial score (nSPS) is 15.5. The van der Waals surface area contributed by atoms with Gasteiger partial charge in [0.2, 0.25) is 0 Å². The van der Waals surface area contributed by atoms with Crippen LogP contribution in [0.4, 0.5) is 0 Å². The number of likely N-dealkylation sites (tertiary alicyclic amines) is 1. The van der Waals surface area contributed by atoms with Gasteiger partial charge in [-0.3, -0.25) is 4.79 Å². The zero-order valence-corrected chi connectivity index (χ0v) is 10.8. The van der Waals surface area contributed by atoms with E-state index in [0.717, 1.165) is 30.8 Å². The summed E-state index contributed by atoms with van der Waals surface area (Å²) >= 11 is 7.69. The molecule has 0 radical (unpaired) electrons. The second kappa shape index (κ2) is 5.11. The van der Waals surface area contributed by atoms with Crippen molar-refractivity contribution in [2.24, 2.45) is 0 Å². The molecule has 0 spiro atoms. The van der Waals surface area contributed by atoms with Crippen LogP contribution in [0.5, 0.6) is 0 Å². The average molecular weight is 256 g/mol. The maximum Gasteiger partial charge on any atom is 0.255 e. The predicted octanol–water partition coefficient (Wildman–Crippen LogP) is 3.30. The number of hydrogen-bond donors (Lipinski definition) is 0. The van der Waals surface area contributed by atoms with Gasteiger partial charge in [-0.1, -0.05) is 11.6 Å². The van der Waals surface area contributed by atoms with E-state index >= 15 is 0 Å². The Morgan fingerprint density at radius 3 is 2.69 bits per heavy atom. The first-order valence-corrected chi connectivity index (χ1v) is 6.95. The third kappa shape index (κ3) is 2.36. The van der Waals surface area contributed by atoms with Gasteiger partial charge < -0.3 is 4.90 Å². The lowest BCUT2D eigenvalue weighted by Crippen LogP contribution is -2.27. The lowest BCUT2D eigenvalue weighted by atomic mass is 10.2. The molecule has 0 aliphatic carbocycles. The van der Waals surface area contributed by atoms with Gasteiger partial charge in [0.1, 0.15) is 0 Å². The topological polar surface area (TPSA) is 20.3 Å². The molecule has 0 atom stereocenters. The summed E-state index contributed by atoms with van der Waals surface area (Å²) in [7, 11) is 0. The number of thioether (sulfide) groups is 1. The van der Waals surface area contributed by atoms with Crippen molar-refractivity contribution in [2.45, 2.75) is 17.7 Å². The van der Waals surface area contributed by atoms with Crippen LogP contribution in [0.15, 0.2) is 23.1 Å². The number of halogens is 1. The van der Waals surface area contributed by atoms with E-state index in [-0.39, 0.29) is 5.91 Å². The summed E-state index contributed by atoms with van der Waals surface area (Å²) in [4.78, 5) is 15.1. The number of hydrogen-bond acceptors (Lipinski definition) is 2. The molecule has 16 heavy (non-hydrogen) atoms. The minimum atomic E-state index is 0.0680. The zero-order chi connectivity index (χ0) is 11.5. The van der Waals surface area contributed by atoms with Crippen LogP contribution in [0.25, 0.3) is 0 Å². The molecule has 0 aromatic heterocycles. The lowest BCUT2D eigenvalue weighted by Gasteiger charge is -2.16. The highest BCUT2D eigenvalue weighted by molar-refractivity contribution is 7.98. The molecule has 2 nitrogen and oxygen atoms in total. The van der Waals surface area contributed by atoms with Crippen LogP contribution < -0.4 is 0 Å². The molecule has 1 amide bonds. The van der Waals surface area contributed by atoms with Gasteiger partial charge in [-0.2, -0.15) is 0 Å². The Hall–Kier alpha value is -0.670. The molecule has 0 unspecified atom stereocenters. The molecular formula is C12H14ClNOS. The number of carbonyl (C=O) groups excluding carboxylic acids is 1. The fraction of sp³-hybridized carbons (Fsp3) is 0.417. The molecule has 1 aliphatic heterocycles. The van der Waals surface area contributed by atoms with Gasteiger partial charge in [0.25, 0.3) is 5.91 Å². The van der Waals surface area contributed by atoms with Gasteiger partial charge >= 0.3 is 0 Å². The van der Waals surface area contributed by atoms with Crippen LogP contribution in [0, 0.1) is 0 Å². The number of benzene rings is 1. The summed E-state index contributed by atoms with van der Waals surface area (Å²) in [5.41, 5.74) is 0.635. The predicted molar refractivity (Wildman–Crippen MR) is 68.4 cm³/mol. The van der Waals surface area contributed by atoms with Crippen LogP contribution >= 0.6 is 23.4 Å². The summed E-state index contributed by atoms with van der Waals surface area (Å²) < 4.78 is 0. The molecule has 0 bridgehead atoms. The largest absolute Gasteiger partial charge is 0.339 e. The Labute approximate surface area is 105 Å². The minimum Gasteiger partial charge on any atom is -0.339 e. The molecule has 2 rings (SSSR count). The van der Waals surface area contributed by atoms with Crippen LogP contribution in [0.1, 0.15) is 23.2 Å². The van der Waals surface area contributed by atoms with Gasteiger partial charge in [0, 0.05) is 18.0 Å². The van der Waals surface area contributed by atoms with Crippen LogP contribution in [0.2, 0.25) is 5.02 Å². The second-order valence-corrected chi connectivity index (χ2v) is 5.13. The Morgan fingerprint density at radius 2 is 2.06 bits per heavy atom. The fourth-order valence-electron chi connectivity index (χ4n) is 1.89. The maximum atomic E-state index is 12.2. The smallest absolute Gasteiger partial charge is 0.255 e. The molecule has 1 aromatic rings. The third-order valence-corrected chi connectivity index (χ3v) is 3.85. The number of carbonyl (C=O) groups is 1. The summed E-state index contributed by atoms with van der Waals surface area (Å²) in [5.74, 6) is 0.0680. The summed E-state index contributed by atoms with van der Waals surface area (Å²) in [6, 6.07) is 5.62. The molecule has 86 valence electrons. The van der Waals surface area contributed by atoms with Gasteiger partial charge in [-0.15, -0.1) is 11.8 Å². The van der Waals surface area contributed by atoms with E-state index in [9.17, 15) is 4.79 Å². The monoisotopic (exact) mass is 255 g/mol. The molecule has 1 saturated heterocycles. The van der Waals surface area contributed by atoms with Crippen molar-refractivity contribution < 1.29 is 4.79 Å². The number of amides is 1. The Balaban J connectivity index is 2.27. The first-order valence-electron chi connectivity index (χ1n) is 5.35. The van der Waals surface area contributed by atoms with Crippen LogP contribution in [-0.4, -0.2) is 30.2 Å². The Bertz CT molecular complexity index is 402. The average Bonchev–Trinajstić information content (AvgIpc) is 2.82. The molecular weight excluding hydrogens is 242 g/mol. The molecule has 4 heteroatoms. The van der Waals surface area contributed by atoms with Gasteiger partial charge in [0.15, 0.2) is 0 Å². The molecule has 0 N–H and O–H groups in total. The summed E-state index contributed by atoms with van der Waals surface area (Å²) in [6.07, 6.45) is 4.20. The van der Waals surface area contributed by atoms with E-state index in [1.165, 1.54) is 0 Å². The van der Waals surface area contributed by atoms with Crippen molar-refractivity contribution >= 4 is 29.3 Å². The first-order chi connectivity index (χ1) is 7.72. The van der Waals surface area contributed by atoms with Crippen LogP contribution in [-0.2, 0) is 0 Å². The number of rotatable bonds is 2. The van der Waals surface area contributed by atoms with Gasteiger partial charge in [-0.25, -0.2) is 0 Å². The van der Waals surface area contributed by atoms with Crippen molar-refractivity contribution in [2.75, 3.05) is 19.3 Å². The number of nitrogens with zero attached hydrogens (tertiary/aromatic N) is 1. The van der Waals surface area contributed by atoms with E-state index in [1.54, 1.807) is 17.8 Å². The SMILES string of the molecule is CSc1ccc(Cl)c(C(=O)N2CCCC2)c1. The van der Waals surface area contributed by atoms with E-state index in [1.807, 2.05) is 23.3 Å². The summed E-state index contributed by atoms with van der Waals surface area (Å²) in [5, 5.41) is 0.551. The molecule has 1 heterocycles. The van der Waals surface area contributed by atoms with E-state index < -0.39 is 0 Å². The van der Waals surface area contributed by atoms with Crippen molar-refractivity contribution in [3.05, 3.63) is 28.8 Å². The molecule has 0 saturated carbocycles. The Morgan fingerprint density at radius 1 is 1.38 bits per heavy atom. The van der Waals surface area contributed by atoms with Crippen molar-refractivity contribution in [3.63, 3.8) is 0 Å². The highest BCUT2D eigenvalue weighted by Gasteiger charge is 2.21. The lowest BCUT2D eigenvalue weighted by molar-refractivity contribution is 0.0793. The van der Waals surface area contributed by atoms with E-state index in [2.05, 4.69) is 0 Å². The van der Waals surface area contributed by atoms with Gasteiger partial charge in [0.05, 0.1) is 10.6 Å². The van der Waals surface area contributed by atoms with E-state index in [0.29, 0.717) is 10.6 Å². The van der Waals surface area contributed by atoms with Crippen LogP contribution in [0.3, 0.4) is 0 Å². The van der Waals surface area contributed by atoms with Crippen molar-refractivity contribution in [3.8, 4) is 0 Å². The van der Waals surface area contributed by atoms with Crippen molar-refractivity contribution in [1.82, 2.24) is 4.90 Å². The molecule has 1 aromatic carbocycles. The third-order valence-electron chi connectivity index (χ3n) is 2.80. The fourth-order valence-corrected chi connectivity index (χ4v) is 2.52. The standard InChI is InChI=1S/C12H14ClNOS/c1-16-9-4-5-11(13)10(8-9)12(15)14-6-2-3-7-14/h4-5,8H,2-3,6-7H2,1H3. The summed E-state index contributed by atoms with van der Waals surface area (Å²) in [6.45, 7) is 1.72. The zero-order valence-electron chi connectivity index (χ0n) is 9.20. The van der Waals surface area contributed by atoms with E-state index in [4.69, 9.17) is 11.6 Å². The van der Waals surface area contributed by atoms with Crippen molar-refractivity contribution in [1.29, 1.82) is 0 Å². The maximum absolute atomic E-state index is 12.2. The Kier molecular flexibility index (Phi) is 3.77. The van der Waals surface area contributed by atoms with Gasteiger partial charge in [-0.05, 0) is 37.3 Å². The first kappa shape index (κ1) is 11.8. The molecule has 1 fully saturated rings. The minimum absolute atomic E-state index is 0.0680. The quantitative estimate of drug-likeness (QED) is 0.756. The highest BCUT2D eigenvalue weighted by Crippen LogP contribution is 2.25. The second-order valence-electron chi connectivity index (χ2n) is 3.85. The highest BCUT2D eigenvalue weighted by atomic mass is 35.5. The molecule has 1 aliphatic rings.